The van der Waals surface area contributed by atoms with E-state index in [-0.39, 0.29) is 6.10 Å². The second-order valence-electron chi connectivity index (χ2n) is 3.91. The number of hydrogen-bond acceptors (Lipinski definition) is 5. The number of hydrogen-bond donors (Lipinski definition) is 3. The average molecular weight is 208 g/mol. The van der Waals surface area contributed by atoms with Crippen LogP contribution in [0, 0.1) is 0 Å². The molecule has 1 aromatic rings. The van der Waals surface area contributed by atoms with Gasteiger partial charge in [-0.1, -0.05) is 6.92 Å². The van der Waals surface area contributed by atoms with Crippen molar-refractivity contribution in [3.63, 3.8) is 0 Å². The van der Waals surface area contributed by atoms with Crippen molar-refractivity contribution >= 4 is 11.6 Å². The van der Waals surface area contributed by atoms with Crippen molar-refractivity contribution < 1.29 is 5.11 Å². The monoisotopic (exact) mass is 208 g/mol. The Balaban J connectivity index is 2.10. The third-order valence-electron chi connectivity index (χ3n) is 2.79. The van der Waals surface area contributed by atoms with Gasteiger partial charge in [0, 0.05) is 11.6 Å². The van der Waals surface area contributed by atoms with Crippen LogP contribution in [0.3, 0.4) is 0 Å². The van der Waals surface area contributed by atoms with Gasteiger partial charge in [0.05, 0.1) is 6.10 Å². The molecule has 5 nitrogen and oxygen atoms in total. The summed E-state index contributed by atoms with van der Waals surface area (Å²) in [7, 11) is 0. The average Bonchev–Trinajstić information content (AvgIpc) is 2.16. The molecule has 5 heteroatoms. The molecule has 0 unspecified atom stereocenters. The predicted octanol–water partition coefficient (Wildman–Crippen LogP) is 0.556. The zero-order valence-electron chi connectivity index (χ0n) is 8.77. The van der Waals surface area contributed by atoms with Gasteiger partial charge in [-0.3, -0.25) is 0 Å². The van der Waals surface area contributed by atoms with Crippen LogP contribution >= 0.6 is 0 Å². The molecule has 4 N–H and O–H groups in total. The van der Waals surface area contributed by atoms with Gasteiger partial charge < -0.3 is 16.2 Å². The van der Waals surface area contributed by atoms with E-state index in [1.54, 1.807) is 0 Å². The Labute approximate surface area is 88.7 Å². The number of nitrogen functional groups attached to an aromatic ring is 1. The summed E-state index contributed by atoms with van der Waals surface area (Å²) in [6.45, 7) is 2.02. The van der Waals surface area contributed by atoms with Crippen molar-refractivity contribution in [2.24, 2.45) is 0 Å². The summed E-state index contributed by atoms with van der Waals surface area (Å²) in [6.07, 6.45) is 3.68. The normalized spacial score (nSPS) is 24.7. The predicted molar refractivity (Wildman–Crippen MR) is 58.5 cm³/mol. The number of aliphatic hydroxyl groups excluding tert-OH is 1. The Morgan fingerprint density at radius 1 is 1.53 bits per heavy atom. The summed E-state index contributed by atoms with van der Waals surface area (Å²) in [5, 5.41) is 12.5. The van der Waals surface area contributed by atoms with Crippen LogP contribution < -0.4 is 11.1 Å². The van der Waals surface area contributed by atoms with Gasteiger partial charge in [-0.25, -0.2) is 9.97 Å². The molecule has 0 saturated heterocycles. The van der Waals surface area contributed by atoms with Gasteiger partial charge in [0.15, 0.2) is 0 Å². The maximum atomic E-state index is 9.18. The van der Waals surface area contributed by atoms with Crippen molar-refractivity contribution in [3.05, 3.63) is 11.9 Å². The molecular weight excluding hydrogens is 192 g/mol. The number of aliphatic hydroxyl groups is 1. The number of aromatic nitrogens is 2. The molecule has 1 aliphatic rings. The Hall–Kier alpha value is -1.36. The zero-order valence-corrected chi connectivity index (χ0v) is 8.77. The molecule has 1 aliphatic carbocycles. The van der Waals surface area contributed by atoms with Gasteiger partial charge in [0.1, 0.15) is 18.0 Å². The quantitative estimate of drug-likeness (QED) is 0.675. The Bertz CT molecular complexity index is 349. The number of nitrogens with one attached hydrogen (secondary N) is 1. The highest BCUT2D eigenvalue weighted by molar-refractivity contribution is 5.55. The minimum Gasteiger partial charge on any atom is -0.393 e. The van der Waals surface area contributed by atoms with Crippen LogP contribution in [0.1, 0.15) is 25.3 Å². The molecule has 0 spiro atoms. The molecule has 2 rings (SSSR count). The lowest BCUT2D eigenvalue weighted by Crippen LogP contribution is -2.39. The maximum Gasteiger partial charge on any atom is 0.134 e. The fraction of sp³-hybridized carbons (Fsp3) is 0.600. The van der Waals surface area contributed by atoms with Crippen LogP contribution in [0.2, 0.25) is 0 Å². The van der Waals surface area contributed by atoms with E-state index in [0.717, 1.165) is 30.6 Å². The Kier molecular flexibility index (Phi) is 2.73. The minimum atomic E-state index is -0.160. The molecule has 1 saturated carbocycles. The molecule has 0 amide bonds. The van der Waals surface area contributed by atoms with Gasteiger partial charge in [0.2, 0.25) is 0 Å². The molecule has 0 aromatic carbocycles. The van der Waals surface area contributed by atoms with Crippen molar-refractivity contribution in [3.8, 4) is 0 Å². The first kappa shape index (κ1) is 10.2. The van der Waals surface area contributed by atoms with Crippen molar-refractivity contribution in [2.45, 2.75) is 38.3 Å². The number of nitrogens with two attached hydrogens (primary N) is 1. The topological polar surface area (TPSA) is 84.1 Å². The van der Waals surface area contributed by atoms with Crippen molar-refractivity contribution in [1.29, 1.82) is 0 Å². The van der Waals surface area contributed by atoms with Crippen LogP contribution in [0.5, 0.6) is 0 Å². The third-order valence-corrected chi connectivity index (χ3v) is 2.79. The molecule has 1 fully saturated rings. The highest BCUT2D eigenvalue weighted by Crippen LogP contribution is 2.26. The molecule has 0 atom stereocenters. The molecule has 1 heterocycles. The van der Waals surface area contributed by atoms with E-state index in [1.807, 2.05) is 6.92 Å². The minimum absolute atomic E-state index is 0.160. The largest absolute Gasteiger partial charge is 0.393 e. The van der Waals surface area contributed by atoms with E-state index in [2.05, 4.69) is 15.3 Å². The number of anilines is 2. The van der Waals surface area contributed by atoms with Crippen molar-refractivity contribution in [1.82, 2.24) is 9.97 Å². The molecule has 0 bridgehead atoms. The second kappa shape index (κ2) is 4.02. The van der Waals surface area contributed by atoms with Crippen LogP contribution in [0.25, 0.3) is 0 Å². The molecular formula is C10H16N4O. The molecule has 0 aliphatic heterocycles. The lowest BCUT2D eigenvalue weighted by atomic mass is 9.89. The number of rotatable bonds is 3. The summed E-state index contributed by atoms with van der Waals surface area (Å²) >= 11 is 0. The Morgan fingerprint density at radius 3 is 2.87 bits per heavy atom. The number of nitrogens with zero attached hydrogens (tertiary/aromatic N) is 2. The standard InChI is InChI=1S/C10H16N4O/c1-2-8-9(11)12-5-13-10(8)14-6-3-7(15)4-6/h5-7,15H,2-4H2,1H3,(H3,11,12,13,14). The highest BCUT2D eigenvalue weighted by atomic mass is 16.3. The smallest absolute Gasteiger partial charge is 0.134 e. The van der Waals surface area contributed by atoms with Gasteiger partial charge >= 0.3 is 0 Å². The molecule has 15 heavy (non-hydrogen) atoms. The fourth-order valence-electron chi connectivity index (χ4n) is 1.80. The first-order chi connectivity index (χ1) is 7.20. The summed E-state index contributed by atoms with van der Waals surface area (Å²) < 4.78 is 0. The van der Waals surface area contributed by atoms with Gasteiger partial charge in [-0.05, 0) is 19.3 Å². The fourth-order valence-corrected chi connectivity index (χ4v) is 1.80. The summed E-state index contributed by atoms with van der Waals surface area (Å²) in [4.78, 5) is 8.13. The lowest BCUT2D eigenvalue weighted by molar-refractivity contribution is 0.0835. The van der Waals surface area contributed by atoms with E-state index < -0.39 is 0 Å². The van der Waals surface area contributed by atoms with Crippen LogP contribution in [-0.2, 0) is 6.42 Å². The zero-order chi connectivity index (χ0) is 10.8. The van der Waals surface area contributed by atoms with Crippen LogP contribution in [0.4, 0.5) is 11.6 Å². The maximum absolute atomic E-state index is 9.18. The molecule has 0 radical (unpaired) electrons. The van der Waals surface area contributed by atoms with Gasteiger partial charge in [-0.2, -0.15) is 0 Å². The van der Waals surface area contributed by atoms with E-state index in [4.69, 9.17) is 5.73 Å². The summed E-state index contributed by atoms with van der Waals surface area (Å²) in [5.41, 5.74) is 6.71. The summed E-state index contributed by atoms with van der Waals surface area (Å²) in [5.74, 6) is 1.34. The van der Waals surface area contributed by atoms with Gasteiger partial charge in [-0.15, -0.1) is 0 Å². The third kappa shape index (κ3) is 2.02. The Morgan fingerprint density at radius 2 is 2.27 bits per heavy atom. The molecule has 82 valence electrons. The van der Waals surface area contributed by atoms with E-state index >= 15 is 0 Å². The first-order valence-corrected chi connectivity index (χ1v) is 5.24. The first-order valence-electron chi connectivity index (χ1n) is 5.24. The van der Waals surface area contributed by atoms with E-state index in [1.165, 1.54) is 6.33 Å². The SMILES string of the molecule is CCc1c(N)ncnc1NC1CC(O)C1. The van der Waals surface area contributed by atoms with Gasteiger partial charge in [0.25, 0.3) is 0 Å². The highest BCUT2D eigenvalue weighted by Gasteiger charge is 2.27. The molecule has 1 aromatic heterocycles. The lowest BCUT2D eigenvalue weighted by Gasteiger charge is -2.32. The summed E-state index contributed by atoms with van der Waals surface area (Å²) in [6, 6.07) is 0.319. The van der Waals surface area contributed by atoms with Crippen LogP contribution in [-0.4, -0.2) is 27.2 Å². The second-order valence-corrected chi connectivity index (χ2v) is 3.91. The van der Waals surface area contributed by atoms with E-state index in [0.29, 0.717) is 11.9 Å². The van der Waals surface area contributed by atoms with E-state index in [9.17, 15) is 5.11 Å². The van der Waals surface area contributed by atoms with Crippen LogP contribution in [0.15, 0.2) is 6.33 Å². The van der Waals surface area contributed by atoms with Crippen molar-refractivity contribution in [2.75, 3.05) is 11.1 Å².